The van der Waals surface area contributed by atoms with E-state index in [1.165, 1.54) is 5.56 Å². The number of carbonyl (C=O) groups excluding carboxylic acids is 1. The van der Waals surface area contributed by atoms with Crippen LogP contribution >= 0.6 is 11.8 Å². The van der Waals surface area contributed by atoms with Crippen molar-refractivity contribution in [3.63, 3.8) is 0 Å². The summed E-state index contributed by atoms with van der Waals surface area (Å²) >= 11 is 1.66. The highest BCUT2D eigenvalue weighted by Crippen LogP contribution is 2.17. The first-order valence-corrected chi connectivity index (χ1v) is 10.4. The van der Waals surface area contributed by atoms with E-state index in [1.54, 1.807) is 42.1 Å². The molecule has 24 heavy (non-hydrogen) atoms. The predicted octanol–water partition coefficient (Wildman–Crippen LogP) is 3.07. The summed E-state index contributed by atoms with van der Waals surface area (Å²) in [5, 5.41) is 2.76. The summed E-state index contributed by atoms with van der Waals surface area (Å²) in [4.78, 5) is 13.2. The van der Waals surface area contributed by atoms with Crippen LogP contribution in [0, 0.1) is 6.92 Å². The van der Waals surface area contributed by atoms with Gasteiger partial charge in [-0.3, -0.25) is 4.79 Å². The van der Waals surface area contributed by atoms with Gasteiger partial charge in [0.2, 0.25) is 5.91 Å². The topological polar surface area (TPSA) is 63.2 Å². The second-order valence-electron chi connectivity index (χ2n) is 5.39. The number of aryl methyl sites for hydroxylation is 1. The van der Waals surface area contributed by atoms with Crippen LogP contribution in [0.25, 0.3) is 0 Å². The Bertz CT molecular complexity index is 757. The fourth-order valence-electron chi connectivity index (χ4n) is 2.05. The van der Waals surface area contributed by atoms with E-state index in [9.17, 15) is 13.2 Å². The van der Waals surface area contributed by atoms with Crippen LogP contribution in [0.2, 0.25) is 0 Å². The minimum atomic E-state index is -3.40. The minimum Gasteiger partial charge on any atom is -0.355 e. The number of carbonyl (C=O) groups is 1. The van der Waals surface area contributed by atoms with Crippen LogP contribution in [0.5, 0.6) is 0 Å². The molecule has 0 saturated carbocycles. The van der Waals surface area contributed by atoms with Gasteiger partial charge in [0.05, 0.1) is 10.6 Å². The number of nitrogens with one attached hydrogen (secondary N) is 1. The molecule has 0 atom stereocenters. The van der Waals surface area contributed by atoms with E-state index in [4.69, 9.17) is 0 Å². The summed E-state index contributed by atoms with van der Waals surface area (Å²) in [6.45, 7) is 2.56. The van der Waals surface area contributed by atoms with Crippen molar-refractivity contribution >= 4 is 27.5 Å². The van der Waals surface area contributed by atoms with Gasteiger partial charge in [0.25, 0.3) is 0 Å². The summed E-state index contributed by atoms with van der Waals surface area (Å²) in [6.07, 6.45) is -0.0214. The van der Waals surface area contributed by atoms with Gasteiger partial charge in [-0.1, -0.05) is 35.9 Å². The average Bonchev–Trinajstić information content (AvgIpc) is 2.59. The zero-order chi connectivity index (χ0) is 17.4. The Morgan fingerprint density at radius 3 is 2.38 bits per heavy atom. The first-order chi connectivity index (χ1) is 11.5. The molecule has 0 aliphatic rings. The molecule has 0 saturated heterocycles. The molecule has 6 heteroatoms. The number of benzene rings is 2. The molecule has 1 N–H and O–H groups in total. The van der Waals surface area contributed by atoms with Gasteiger partial charge in [0, 0.05) is 23.6 Å². The fraction of sp³-hybridized carbons (Fsp3) is 0.278. The van der Waals surface area contributed by atoms with Crippen molar-refractivity contribution in [1.82, 2.24) is 5.32 Å². The monoisotopic (exact) mass is 363 g/mol. The van der Waals surface area contributed by atoms with Crippen LogP contribution in [0.1, 0.15) is 12.0 Å². The molecule has 0 fully saturated rings. The molecule has 2 rings (SSSR count). The number of rotatable bonds is 8. The lowest BCUT2D eigenvalue weighted by molar-refractivity contribution is -0.120. The van der Waals surface area contributed by atoms with Gasteiger partial charge in [0.1, 0.15) is 0 Å². The molecule has 0 aromatic heterocycles. The Labute approximate surface area is 147 Å². The standard InChI is InChI=1S/C18H21NO3S2/c1-15-7-9-16(10-8-15)23-13-12-19-18(20)11-14-24(21,22)17-5-3-2-4-6-17/h2-10H,11-14H2,1H3,(H,19,20). The SMILES string of the molecule is Cc1ccc(SCCNC(=O)CCS(=O)(=O)c2ccccc2)cc1. The zero-order valence-corrected chi connectivity index (χ0v) is 15.2. The summed E-state index contributed by atoms with van der Waals surface area (Å²) < 4.78 is 24.2. The van der Waals surface area contributed by atoms with E-state index in [0.717, 1.165) is 10.6 Å². The second kappa shape index (κ2) is 8.89. The van der Waals surface area contributed by atoms with Gasteiger partial charge in [-0.15, -0.1) is 11.8 Å². The van der Waals surface area contributed by atoms with Crippen molar-refractivity contribution < 1.29 is 13.2 Å². The summed E-state index contributed by atoms with van der Waals surface area (Å²) in [5.74, 6) is 0.341. The number of thioether (sulfide) groups is 1. The van der Waals surface area contributed by atoms with E-state index in [2.05, 4.69) is 17.4 Å². The lowest BCUT2D eigenvalue weighted by Gasteiger charge is -2.06. The van der Waals surface area contributed by atoms with Gasteiger partial charge in [-0.25, -0.2) is 8.42 Å². The van der Waals surface area contributed by atoms with Gasteiger partial charge in [-0.2, -0.15) is 0 Å². The molecule has 4 nitrogen and oxygen atoms in total. The lowest BCUT2D eigenvalue weighted by atomic mass is 10.2. The normalized spacial score (nSPS) is 11.2. The first-order valence-electron chi connectivity index (χ1n) is 7.71. The number of hydrogen-bond donors (Lipinski definition) is 1. The van der Waals surface area contributed by atoms with Crippen LogP contribution < -0.4 is 5.32 Å². The Morgan fingerprint density at radius 2 is 1.71 bits per heavy atom. The van der Waals surface area contributed by atoms with Gasteiger partial charge in [-0.05, 0) is 31.2 Å². The minimum absolute atomic E-state index is 0.0214. The van der Waals surface area contributed by atoms with Gasteiger partial charge >= 0.3 is 0 Å². The summed E-state index contributed by atoms with van der Waals surface area (Å²) in [5.41, 5.74) is 1.22. The molecule has 0 spiro atoms. The first kappa shape index (κ1) is 18.5. The van der Waals surface area contributed by atoms with Crippen molar-refractivity contribution in [2.45, 2.75) is 23.1 Å². The van der Waals surface area contributed by atoms with Gasteiger partial charge < -0.3 is 5.32 Å². The van der Waals surface area contributed by atoms with Crippen molar-refractivity contribution in [2.75, 3.05) is 18.1 Å². The number of amides is 1. The highest BCUT2D eigenvalue weighted by Gasteiger charge is 2.15. The fourth-order valence-corrected chi connectivity index (χ4v) is 4.08. The van der Waals surface area contributed by atoms with Crippen LogP contribution in [-0.4, -0.2) is 32.4 Å². The lowest BCUT2D eigenvalue weighted by Crippen LogP contribution is -2.27. The third-order valence-electron chi connectivity index (χ3n) is 3.41. The van der Waals surface area contributed by atoms with E-state index < -0.39 is 9.84 Å². The maximum atomic E-state index is 12.1. The molecule has 0 aliphatic heterocycles. The smallest absolute Gasteiger partial charge is 0.221 e. The van der Waals surface area contributed by atoms with Crippen LogP contribution in [0.3, 0.4) is 0 Å². The third-order valence-corrected chi connectivity index (χ3v) is 6.16. The second-order valence-corrected chi connectivity index (χ2v) is 8.67. The molecule has 2 aromatic carbocycles. The highest BCUT2D eigenvalue weighted by molar-refractivity contribution is 7.99. The number of hydrogen-bond acceptors (Lipinski definition) is 4. The van der Waals surface area contributed by atoms with E-state index in [0.29, 0.717) is 6.54 Å². The maximum Gasteiger partial charge on any atom is 0.221 e. The average molecular weight is 364 g/mol. The Hall–Kier alpha value is -1.79. The van der Waals surface area contributed by atoms with E-state index in [1.807, 2.05) is 19.1 Å². The molecular weight excluding hydrogens is 342 g/mol. The highest BCUT2D eigenvalue weighted by atomic mass is 32.2. The van der Waals surface area contributed by atoms with Crippen LogP contribution in [-0.2, 0) is 14.6 Å². The Balaban J connectivity index is 1.69. The third kappa shape index (κ3) is 6.02. The molecule has 0 radical (unpaired) electrons. The molecule has 0 aliphatic carbocycles. The van der Waals surface area contributed by atoms with Crippen molar-refractivity contribution in [3.8, 4) is 0 Å². The molecular formula is C18H21NO3S2. The van der Waals surface area contributed by atoms with E-state index >= 15 is 0 Å². The molecule has 0 heterocycles. The summed E-state index contributed by atoms with van der Waals surface area (Å²) in [7, 11) is -3.40. The maximum absolute atomic E-state index is 12.1. The molecule has 0 unspecified atom stereocenters. The zero-order valence-electron chi connectivity index (χ0n) is 13.6. The molecule has 2 aromatic rings. The Morgan fingerprint density at radius 1 is 1.04 bits per heavy atom. The van der Waals surface area contributed by atoms with Gasteiger partial charge in [0.15, 0.2) is 9.84 Å². The Kier molecular flexibility index (Phi) is 6.87. The largest absolute Gasteiger partial charge is 0.355 e. The van der Waals surface area contributed by atoms with Crippen molar-refractivity contribution in [3.05, 3.63) is 60.2 Å². The molecule has 128 valence electrons. The molecule has 1 amide bonds. The van der Waals surface area contributed by atoms with Crippen LogP contribution in [0.4, 0.5) is 0 Å². The van der Waals surface area contributed by atoms with E-state index in [-0.39, 0.29) is 23.0 Å². The quantitative estimate of drug-likeness (QED) is 0.578. The predicted molar refractivity (Wildman–Crippen MR) is 98.0 cm³/mol. The van der Waals surface area contributed by atoms with Crippen molar-refractivity contribution in [2.24, 2.45) is 0 Å². The summed E-state index contributed by atoms with van der Waals surface area (Å²) in [6, 6.07) is 16.4. The molecule has 0 bridgehead atoms. The van der Waals surface area contributed by atoms with Crippen LogP contribution in [0.15, 0.2) is 64.4 Å². The number of sulfone groups is 1. The van der Waals surface area contributed by atoms with Crippen molar-refractivity contribution in [1.29, 1.82) is 0 Å².